The average Bonchev–Trinajstić information content (AvgIpc) is 3.32. The van der Waals surface area contributed by atoms with Crippen LogP contribution in [0.15, 0.2) is 29.2 Å². The highest BCUT2D eigenvalue weighted by Gasteiger charge is 2.23. The lowest BCUT2D eigenvalue weighted by atomic mass is 10.2. The van der Waals surface area contributed by atoms with Gasteiger partial charge in [0.15, 0.2) is 5.65 Å². The summed E-state index contributed by atoms with van der Waals surface area (Å²) in [5.74, 6) is 1.23. The summed E-state index contributed by atoms with van der Waals surface area (Å²) in [4.78, 5) is 30.3. The predicted octanol–water partition coefficient (Wildman–Crippen LogP) is 3.90. The molecule has 0 radical (unpaired) electrons. The van der Waals surface area contributed by atoms with E-state index in [0.717, 1.165) is 50.2 Å². The fourth-order valence-electron chi connectivity index (χ4n) is 4.74. The Kier molecular flexibility index (Phi) is 7.07. The molecule has 0 saturated carbocycles. The maximum Gasteiger partial charge on any atom is 0.251 e. The molecule has 0 aliphatic carbocycles. The van der Waals surface area contributed by atoms with Crippen molar-refractivity contribution in [3.8, 4) is 22.9 Å². The van der Waals surface area contributed by atoms with Crippen LogP contribution in [0, 0.1) is 0 Å². The van der Waals surface area contributed by atoms with Crippen molar-refractivity contribution < 1.29 is 9.47 Å². The van der Waals surface area contributed by atoms with Crippen molar-refractivity contribution in [1.29, 1.82) is 0 Å². The SMILES string of the molecule is CCN1CCN(CCn2c(=O)ccc3cnc4nc(-c5c(Cl)c(OC)cc(OC)c5Cl)[nH]c4c32)CC1. The molecule has 11 heteroatoms. The monoisotopic (exact) mass is 530 g/mol. The quantitative estimate of drug-likeness (QED) is 0.387. The number of ether oxygens (including phenoxy) is 2. The molecule has 1 aromatic carbocycles. The van der Waals surface area contributed by atoms with Crippen LogP contribution >= 0.6 is 23.2 Å². The van der Waals surface area contributed by atoms with Gasteiger partial charge in [-0.15, -0.1) is 0 Å². The van der Waals surface area contributed by atoms with Gasteiger partial charge in [-0.2, -0.15) is 0 Å². The Morgan fingerprint density at radius 1 is 1.00 bits per heavy atom. The van der Waals surface area contributed by atoms with Crippen molar-refractivity contribution in [2.45, 2.75) is 13.5 Å². The number of aromatic nitrogens is 4. The molecule has 1 aliphatic rings. The standard InChI is InChI=1S/C25H28Cl2N6O3/c1-4-31-7-9-32(10-8-31)11-12-33-18(34)6-5-15-14-28-25-22(23(15)33)29-24(30-25)19-20(26)16(35-2)13-17(36-3)21(19)27/h5-6,13-14H,4,7-12H2,1-3H3,(H,28,29,30). The van der Waals surface area contributed by atoms with Crippen molar-refractivity contribution in [3.05, 3.63) is 44.8 Å². The fraction of sp³-hybridized carbons (Fsp3) is 0.400. The molecular weight excluding hydrogens is 503 g/mol. The molecule has 0 spiro atoms. The molecule has 4 heterocycles. The Labute approximate surface area is 218 Å². The number of imidazole rings is 1. The molecule has 1 saturated heterocycles. The second kappa shape index (κ2) is 10.3. The van der Waals surface area contributed by atoms with Gasteiger partial charge in [0.1, 0.15) is 22.8 Å². The number of nitrogens with one attached hydrogen (secondary N) is 1. The van der Waals surface area contributed by atoms with Crippen LogP contribution in [-0.4, -0.2) is 82.8 Å². The first-order chi connectivity index (χ1) is 17.4. The molecular formula is C25H28Cl2N6O3. The van der Waals surface area contributed by atoms with E-state index < -0.39 is 0 Å². The minimum Gasteiger partial charge on any atom is -0.495 e. The average molecular weight is 531 g/mol. The number of pyridine rings is 2. The van der Waals surface area contributed by atoms with Gasteiger partial charge in [-0.3, -0.25) is 9.69 Å². The van der Waals surface area contributed by atoms with Gasteiger partial charge in [-0.25, -0.2) is 9.97 Å². The number of fused-ring (bicyclic) bond motifs is 3. The van der Waals surface area contributed by atoms with Gasteiger partial charge in [0.05, 0.1) is 35.3 Å². The Morgan fingerprint density at radius 3 is 2.31 bits per heavy atom. The Bertz CT molecular complexity index is 1450. The molecule has 0 bridgehead atoms. The summed E-state index contributed by atoms with van der Waals surface area (Å²) in [6.07, 6.45) is 1.73. The van der Waals surface area contributed by atoms with Crippen LogP contribution in [0.3, 0.4) is 0 Å². The summed E-state index contributed by atoms with van der Waals surface area (Å²) >= 11 is 13.3. The molecule has 5 rings (SSSR count). The van der Waals surface area contributed by atoms with Crippen LogP contribution in [0.25, 0.3) is 33.5 Å². The maximum absolute atomic E-state index is 13.0. The number of rotatable bonds is 7. The van der Waals surface area contributed by atoms with Crippen molar-refractivity contribution in [2.75, 3.05) is 53.5 Å². The molecule has 3 aromatic heterocycles. The van der Waals surface area contributed by atoms with E-state index in [1.807, 2.05) is 0 Å². The molecule has 1 fully saturated rings. The van der Waals surface area contributed by atoms with E-state index in [1.165, 1.54) is 14.2 Å². The molecule has 4 aromatic rings. The van der Waals surface area contributed by atoms with Gasteiger partial charge in [0.25, 0.3) is 5.56 Å². The van der Waals surface area contributed by atoms with E-state index in [-0.39, 0.29) is 5.56 Å². The molecule has 9 nitrogen and oxygen atoms in total. The Morgan fingerprint density at radius 2 is 1.67 bits per heavy atom. The molecule has 0 unspecified atom stereocenters. The van der Waals surface area contributed by atoms with E-state index in [1.54, 1.807) is 29.0 Å². The number of methoxy groups -OCH3 is 2. The highest BCUT2D eigenvalue weighted by atomic mass is 35.5. The van der Waals surface area contributed by atoms with Crippen molar-refractivity contribution in [3.63, 3.8) is 0 Å². The maximum atomic E-state index is 13.0. The summed E-state index contributed by atoms with van der Waals surface area (Å²) in [5, 5.41) is 1.44. The first-order valence-electron chi connectivity index (χ1n) is 11.9. The number of benzene rings is 1. The van der Waals surface area contributed by atoms with Gasteiger partial charge in [0, 0.05) is 63.0 Å². The van der Waals surface area contributed by atoms with Crippen LogP contribution in [0.5, 0.6) is 11.5 Å². The van der Waals surface area contributed by atoms with E-state index in [0.29, 0.717) is 50.6 Å². The summed E-state index contributed by atoms with van der Waals surface area (Å²) in [6.45, 7) is 8.67. The second-order valence-electron chi connectivity index (χ2n) is 8.73. The number of piperazine rings is 1. The zero-order chi connectivity index (χ0) is 25.4. The number of hydrogen-bond acceptors (Lipinski definition) is 7. The van der Waals surface area contributed by atoms with E-state index in [4.69, 9.17) is 32.7 Å². The summed E-state index contributed by atoms with van der Waals surface area (Å²) < 4.78 is 12.6. The highest BCUT2D eigenvalue weighted by molar-refractivity contribution is 6.41. The largest absolute Gasteiger partial charge is 0.495 e. The van der Waals surface area contributed by atoms with Crippen molar-refractivity contribution in [1.82, 2.24) is 29.3 Å². The number of H-pyrrole nitrogens is 1. The number of nitrogens with zero attached hydrogens (tertiary/aromatic N) is 5. The first-order valence-corrected chi connectivity index (χ1v) is 12.6. The molecule has 36 heavy (non-hydrogen) atoms. The van der Waals surface area contributed by atoms with Gasteiger partial charge in [-0.1, -0.05) is 30.1 Å². The van der Waals surface area contributed by atoms with Gasteiger partial charge in [-0.05, 0) is 12.6 Å². The van der Waals surface area contributed by atoms with Crippen LogP contribution in [-0.2, 0) is 6.54 Å². The second-order valence-corrected chi connectivity index (χ2v) is 9.49. The normalized spacial score (nSPS) is 15.1. The third-order valence-electron chi connectivity index (χ3n) is 6.82. The Balaban J connectivity index is 1.59. The highest BCUT2D eigenvalue weighted by Crippen LogP contribution is 2.45. The number of hydrogen-bond donors (Lipinski definition) is 1. The van der Waals surface area contributed by atoms with Gasteiger partial charge < -0.3 is 23.9 Å². The summed E-state index contributed by atoms with van der Waals surface area (Å²) in [6, 6.07) is 5.00. The lowest BCUT2D eigenvalue weighted by Crippen LogP contribution is -2.47. The molecule has 0 atom stereocenters. The van der Waals surface area contributed by atoms with E-state index >= 15 is 0 Å². The lowest BCUT2D eigenvalue weighted by Gasteiger charge is -2.34. The minimum atomic E-state index is -0.0718. The third kappa shape index (κ3) is 4.41. The third-order valence-corrected chi connectivity index (χ3v) is 7.58. The van der Waals surface area contributed by atoms with Crippen LogP contribution in [0.1, 0.15) is 6.92 Å². The molecule has 1 aliphatic heterocycles. The first kappa shape index (κ1) is 24.8. The number of halogens is 2. The van der Waals surface area contributed by atoms with Gasteiger partial charge in [0.2, 0.25) is 0 Å². The van der Waals surface area contributed by atoms with Crippen molar-refractivity contribution >= 4 is 45.3 Å². The number of likely N-dealkylation sites (N-methyl/N-ethyl adjacent to an activating group) is 1. The van der Waals surface area contributed by atoms with Crippen LogP contribution in [0.4, 0.5) is 0 Å². The summed E-state index contributed by atoms with van der Waals surface area (Å²) in [5.41, 5.74) is 2.23. The smallest absolute Gasteiger partial charge is 0.251 e. The van der Waals surface area contributed by atoms with Crippen LogP contribution < -0.4 is 15.0 Å². The molecule has 190 valence electrons. The van der Waals surface area contributed by atoms with Gasteiger partial charge >= 0.3 is 0 Å². The lowest BCUT2D eigenvalue weighted by molar-refractivity contribution is 0.134. The zero-order valence-corrected chi connectivity index (χ0v) is 22.0. The topological polar surface area (TPSA) is 88.5 Å². The molecule has 1 N–H and O–H groups in total. The summed E-state index contributed by atoms with van der Waals surface area (Å²) in [7, 11) is 3.04. The fourth-order valence-corrected chi connectivity index (χ4v) is 5.42. The van der Waals surface area contributed by atoms with E-state index in [9.17, 15) is 4.79 Å². The zero-order valence-electron chi connectivity index (χ0n) is 20.5. The van der Waals surface area contributed by atoms with Crippen LogP contribution in [0.2, 0.25) is 10.0 Å². The molecule has 0 amide bonds. The number of aromatic amines is 1. The predicted molar refractivity (Wildman–Crippen MR) is 143 cm³/mol. The minimum absolute atomic E-state index is 0.0718. The van der Waals surface area contributed by atoms with E-state index in [2.05, 4.69) is 31.7 Å². The Hall–Kier alpha value is -2.85. The van der Waals surface area contributed by atoms with Crippen molar-refractivity contribution in [2.24, 2.45) is 0 Å².